The van der Waals surface area contributed by atoms with Crippen molar-refractivity contribution in [2.45, 2.75) is 30.1 Å². The lowest BCUT2D eigenvalue weighted by Crippen LogP contribution is -2.61. The molecule has 0 aromatic rings. The van der Waals surface area contributed by atoms with Crippen LogP contribution in [0.4, 0.5) is 0 Å². The number of nitrogens with zero attached hydrogens (tertiary/aromatic N) is 2. The zero-order valence-corrected chi connectivity index (χ0v) is 16.0. The van der Waals surface area contributed by atoms with Crippen LogP contribution in [0.5, 0.6) is 0 Å². The summed E-state index contributed by atoms with van der Waals surface area (Å²) in [7, 11) is -10.5. The normalized spacial score (nSPS) is 16.8. The Labute approximate surface area is 155 Å². The summed E-state index contributed by atoms with van der Waals surface area (Å²) in [6.07, 6.45) is 0.231. The molecule has 0 amide bonds. The highest BCUT2D eigenvalue weighted by atomic mass is 31.2. The van der Waals surface area contributed by atoms with Gasteiger partial charge in [0.1, 0.15) is 11.6 Å². The minimum absolute atomic E-state index is 0.0897. The Bertz CT molecular complexity index is 650. The highest BCUT2D eigenvalue weighted by Gasteiger charge is 2.55. The predicted molar refractivity (Wildman–Crippen MR) is 96.4 cm³/mol. The molecular weight excluding hydrogens is 406 g/mol. The number of carboxylic acid groups (broad SMARTS) is 1. The third kappa shape index (κ3) is 6.83. The van der Waals surface area contributed by atoms with Crippen molar-refractivity contribution in [2.24, 2.45) is 16.5 Å². The van der Waals surface area contributed by atoms with E-state index in [2.05, 4.69) is 18.2 Å². The monoisotopic (exact) mass is 430 g/mol. The van der Waals surface area contributed by atoms with Gasteiger partial charge in [0.05, 0.1) is 0 Å². The molecule has 0 rings (SSSR count). The number of guanidine groups is 1. The van der Waals surface area contributed by atoms with Gasteiger partial charge in [0.25, 0.3) is 0 Å². The van der Waals surface area contributed by atoms with E-state index in [1.54, 1.807) is 0 Å². The molecule has 3 unspecified atom stereocenters. The maximum absolute atomic E-state index is 11.8. The number of aliphatic carboxylic acids is 1. The van der Waals surface area contributed by atoms with Gasteiger partial charge < -0.3 is 41.3 Å². The molecule has 0 aliphatic heterocycles. The van der Waals surface area contributed by atoms with E-state index in [-0.39, 0.29) is 23.8 Å². The predicted octanol–water partition coefficient (Wildman–Crippen LogP) is -1.51. The fourth-order valence-corrected chi connectivity index (χ4v) is 4.27. The van der Waals surface area contributed by atoms with Crippen molar-refractivity contribution in [1.82, 2.24) is 4.90 Å². The maximum atomic E-state index is 11.8. The molecule has 0 saturated heterocycles. The average molecular weight is 430 g/mol. The van der Waals surface area contributed by atoms with E-state index in [0.29, 0.717) is 12.2 Å². The fourth-order valence-electron chi connectivity index (χ4n) is 2.30. The molecular formula is C12H24N4O9P2. The van der Waals surface area contributed by atoms with Gasteiger partial charge in [0, 0.05) is 13.0 Å². The number of carboxylic acids is 1. The minimum Gasteiger partial charge on any atom is -0.478 e. The van der Waals surface area contributed by atoms with Crippen LogP contribution in [0, 0.1) is 0 Å². The lowest BCUT2D eigenvalue weighted by Gasteiger charge is -2.44. The van der Waals surface area contributed by atoms with E-state index in [1.807, 2.05) is 0 Å². The molecule has 156 valence electrons. The average Bonchev–Trinajstić information content (AvgIpc) is 2.48. The first-order valence-electron chi connectivity index (χ1n) is 7.28. The summed E-state index contributed by atoms with van der Waals surface area (Å²) in [6.45, 7) is 6.16. The molecule has 13 nitrogen and oxygen atoms in total. The molecule has 0 aromatic heterocycles. The number of aliphatic imine (C=N–C) groups is 1. The van der Waals surface area contributed by atoms with E-state index in [1.165, 1.54) is 0 Å². The number of carbonyl (C=O) groups is 1. The number of hydrogen-bond acceptors (Lipinski definition) is 6. The van der Waals surface area contributed by atoms with Crippen LogP contribution in [-0.4, -0.2) is 70.5 Å². The number of nitrogens with two attached hydrogens (primary N) is 2. The van der Waals surface area contributed by atoms with Crippen molar-refractivity contribution in [3.63, 3.8) is 0 Å². The summed E-state index contributed by atoms with van der Waals surface area (Å²) in [5.41, 5.74) is 7.13. The molecule has 0 aliphatic carbocycles. The van der Waals surface area contributed by atoms with E-state index in [9.17, 15) is 43.7 Å². The highest BCUT2D eigenvalue weighted by molar-refractivity contribution is 7.53. The summed E-state index contributed by atoms with van der Waals surface area (Å²) in [6, 6.07) is 0. The van der Waals surface area contributed by atoms with E-state index in [0.717, 1.165) is 0 Å². The first-order chi connectivity index (χ1) is 12.1. The van der Waals surface area contributed by atoms with Gasteiger partial charge in [-0.25, -0.2) is 9.69 Å². The smallest absolute Gasteiger partial charge is 0.351 e. The summed E-state index contributed by atoms with van der Waals surface area (Å²) < 4.78 is 23.6. The molecule has 0 aromatic carbocycles. The Morgan fingerprint density at radius 1 is 1.11 bits per heavy atom. The Morgan fingerprint density at radius 2 is 1.52 bits per heavy atom. The van der Waals surface area contributed by atoms with Crippen LogP contribution < -0.4 is 11.5 Å². The summed E-state index contributed by atoms with van der Waals surface area (Å²) >= 11 is 0. The van der Waals surface area contributed by atoms with Crippen molar-refractivity contribution in [3.05, 3.63) is 25.3 Å². The maximum Gasteiger partial charge on any atom is 0.351 e. The molecule has 3 atom stereocenters. The van der Waals surface area contributed by atoms with Crippen molar-refractivity contribution in [3.8, 4) is 0 Å². The van der Waals surface area contributed by atoms with Gasteiger partial charge in [-0.2, -0.15) is 0 Å². The quantitative estimate of drug-likeness (QED) is 0.0440. The second-order valence-electron chi connectivity index (χ2n) is 5.42. The Hall–Kier alpha value is -1.56. The SMILES string of the molecule is C=CC(N(C(C=C)P(=O)(O)O)C(O)(CCCN=C(N)N)C(=O)O)P(=O)(O)O. The van der Waals surface area contributed by atoms with Crippen molar-refractivity contribution in [1.29, 1.82) is 0 Å². The highest BCUT2D eigenvalue weighted by Crippen LogP contribution is 2.53. The van der Waals surface area contributed by atoms with E-state index in [4.69, 9.17) is 11.5 Å². The van der Waals surface area contributed by atoms with Gasteiger partial charge in [-0.1, -0.05) is 12.2 Å². The van der Waals surface area contributed by atoms with Crippen molar-refractivity contribution < 1.29 is 43.7 Å². The van der Waals surface area contributed by atoms with Crippen LogP contribution in [0.1, 0.15) is 12.8 Å². The van der Waals surface area contributed by atoms with Crippen molar-refractivity contribution in [2.75, 3.05) is 6.54 Å². The largest absolute Gasteiger partial charge is 0.478 e. The van der Waals surface area contributed by atoms with Gasteiger partial charge in [-0.3, -0.25) is 14.1 Å². The Balaban J connectivity index is 6.38. The van der Waals surface area contributed by atoms with Gasteiger partial charge in [0.15, 0.2) is 5.96 Å². The summed E-state index contributed by atoms with van der Waals surface area (Å²) in [5, 5.41) is 20.2. The second kappa shape index (κ2) is 9.58. The third-order valence-electron chi connectivity index (χ3n) is 3.43. The lowest BCUT2D eigenvalue weighted by atomic mass is 10.0. The summed E-state index contributed by atoms with van der Waals surface area (Å²) in [4.78, 5) is 53.4. The first-order valence-corrected chi connectivity index (χ1v) is 10.6. The number of hydrogen-bond donors (Lipinski definition) is 8. The van der Waals surface area contributed by atoms with Gasteiger partial charge in [0.2, 0.25) is 5.72 Å². The molecule has 0 aliphatic rings. The summed E-state index contributed by atoms with van der Waals surface area (Å²) in [5.74, 6) is -6.80. The number of rotatable bonds is 12. The van der Waals surface area contributed by atoms with Crippen LogP contribution in [-0.2, 0) is 13.9 Å². The molecule has 0 bridgehead atoms. The van der Waals surface area contributed by atoms with Gasteiger partial charge >= 0.3 is 21.2 Å². The van der Waals surface area contributed by atoms with Gasteiger partial charge in [-0.05, 0) is 6.42 Å². The fraction of sp³-hybridized carbons (Fsp3) is 0.500. The lowest BCUT2D eigenvalue weighted by molar-refractivity contribution is -0.187. The van der Waals surface area contributed by atoms with Crippen LogP contribution in [0.15, 0.2) is 30.3 Å². The molecule has 0 saturated carbocycles. The molecule has 10 N–H and O–H groups in total. The molecule has 15 heteroatoms. The minimum atomic E-state index is -5.23. The zero-order valence-electron chi connectivity index (χ0n) is 14.2. The van der Waals surface area contributed by atoms with Gasteiger partial charge in [-0.15, -0.1) is 13.2 Å². The third-order valence-corrected chi connectivity index (χ3v) is 5.73. The van der Waals surface area contributed by atoms with Crippen LogP contribution in [0.3, 0.4) is 0 Å². The first kappa shape index (κ1) is 25.4. The standard InChI is InChI=1S/C12H24N4O9P2/c1-3-8(26(20,21)22)16(9(4-2)27(23,24)25)12(19,10(17)18)6-5-7-15-11(13)14/h3-4,8-9,19H,1-2,5-7H2,(H,17,18)(H4,13,14,15)(H2,20,21,22)(H2,23,24,25). The molecule has 27 heavy (non-hydrogen) atoms. The topological polar surface area (TPSA) is 240 Å². The Kier molecular flexibility index (Phi) is 9.03. The molecule has 0 radical (unpaired) electrons. The van der Waals surface area contributed by atoms with Crippen LogP contribution in [0.2, 0.25) is 0 Å². The molecule has 0 spiro atoms. The number of aliphatic hydroxyl groups is 1. The van der Waals surface area contributed by atoms with Crippen molar-refractivity contribution >= 4 is 27.1 Å². The molecule has 0 heterocycles. The Morgan fingerprint density at radius 3 is 1.78 bits per heavy atom. The van der Waals surface area contributed by atoms with Crippen LogP contribution in [0.25, 0.3) is 0 Å². The zero-order chi connectivity index (χ0) is 21.6. The molecule has 0 fully saturated rings. The van der Waals surface area contributed by atoms with E-state index >= 15 is 0 Å². The second-order valence-corrected chi connectivity index (χ2v) is 8.83. The van der Waals surface area contributed by atoms with E-state index < -0.39 is 44.9 Å². The van der Waals surface area contributed by atoms with Crippen LogP contribution >= 0.6 is 15.2 Å².